The minimum Gasteiger partial charge on any atom is -0.480 e. The van der Waals surface area contributed by atoms with Crippen molar-refractivity contribution in [1.29, 1.82) is 0 Å². The van der Waals surface area contributed by atoms with Gasteiger partial charge in [-0.05, 0) is 24.8 Å². The highest BCUT2D eigenvalue weighted by Crippen LogP contribution is 2.25. The molecule has 18 heavy (non-hydrogen) atoms. The second-order valence-corrected chi connectivity index (χ2v) is 5.17. The summed E-state index contributed by atoms with van der Waals surface area (Å²) in [7, 11) is 0. The molecule has 106 valence electrons. The Morgan fingerprint density at radius 2 is 1.94 bits per heavy atom. The molecule has 1 atom stereocenters. The van der Waals surface area contributed by atoms with Crippen molar-refractivity contribution in [2.45, 2.75) is 45.6 Å². The number of rotatable bonds is 9. The average Bonchev–Trinajstić information content (AvgIpc) is 2.26. The molecule has 0 aliphatic heterocycles. The Kier molecular flexibility index (Phi) is 7.54. The first kappa shape index (κ1) is 16.9. The van der Waals surface area contributed by atoms with Crippen LogP contribution in [-0.4, -0.2) is 41.3 Å². The largest absolute Gasteiger partial charge is 0.480 e. The van der Waals surface area contributed by atoms with Crippen LogP contribution < -0.4 is 11.1 Å². The third-order valence-electron chi connectivity index (χ3n) is 2.90. The zero-order valence-corrected chi connectivity index (χ0v) is 11.1. The van der Waals surface area contributed by atoms with Gasteiger partial charge in [-0.25, -0.2) is 4.79 Å². The second kappa shape index (κ2) is 8.05. The van der Waals surface area contributed by atoms with E-state index in [1.54, 1.807) is 0 Å². The maximum Gasteiger partial charge on any atom is 0.326 e. The van der Waals surface area contributed by atoms with Crippen LogP contribution in [0.4, 0.5) is 0 Å². The second-order valence-electron chi connectivity index (χ2n) is 5.17. The van der Waals surface area contributed by atoms with Gasteiger partial charge in [-0.3, -0.25) is 4.79 Å². The fourth-order valence-corrected chi connectivity index (χ4v) is 1.62. The molecule has 0 heterocycles. The van der Waals surface area contributed by atoms with Gasteiger partial charge in [0.2, 0.25) is 5.91 Å². The molecule has 0 aliphatic rings. The number of amides is 1. The number of aliphatic carboxylic acids is 1. The van der Waals surface area contributed by atoms with Crippen molar-refractivity contribution in [2.75, 3.05) is 13.2 Å². The molecule has 6 heteroatoms. The van der Waals surface area contributed by atoms with Gasteiger partial charge in [-0.15, -0.1) is 0 Å². The van der Waals surface area contributed by atoms with Gasteiger partial charge in [0.15, 0.2) is 0 Å². The summed E-state index contributed by atoms with van der Waals surface area (Å²) in [5, 5.41) is 19.9. The van der Waals surface area contributed by atoms with Crippen molar-refractivity contribution < 1.29 is 19.8 Å². The van der Waals surface area contributed by atoms with Crippen LogP contribution in [0.3, 0.4) is 0 Å². The van der Waals surface area contributed by atoms with E-state index in [-0.39, 0.29) is 30.8 Å². The Morgan fingerprint density at radius 3 is 2.39 bits per heavy atom. The summed E-state index contributed by atoms with van der Waals surface area (Å²) < 4.78 is 0. The average molecular weight is 260 g/mol. The molecule has 1 amide bonds. The van der Waals surface area contributed by atoms with Crippen LogP contribution in [0.5, 0.6) is 0 Å². The minimum absolute atomic E-state index is 0.0211. The first-order chi connectivity index (χ1) is 8.32. The van der Waals surface area contributed by atoms with E-state index in [2.05, 4.69) is 5.32 Å². The Labute approximate surface area is 108 Å². The number of hydrogen-bond donors (Lipinski definition) is 4. The highest BCUT2D eigenvalue weighted by atomic mass is 16.4. The van der Waals surface area contributed by atoms with E-state index in [0.29, 0.717) is 13.0 Å². The monoisotopic (exact) mass is 260 g/mol. The van der Waals surface area contributed by atoms with E-state index in [0.717, 1.165) is 6.42 Å². The summed E-state index contributed by atoms with van der Waals surface area (Å²) in [6, 6.07) is -1.01. The molecule has 6 nitrogen and oxygen atoms in total. The van der Waals surface area contributed by atoms with Gasteiger partial charge in [-0.1, -0.05) is 13.8 Å². The van der Waals surface area contributed by atoms with Gasteiger partial charge in [0, 0.05) is 19.4 Å². The van der Waals surface area contributed by atoms with Crippen LogP contribution >= 0.6 is 0 Å². The van der Waals surface area contributed by atoms with Crippen molar-refractivity contribution in [3.8, 4) is 0 Å². The van der Waals surface area contributed by atoms with E-state index in [4.69, 9.17) is 15.9 Å². The Hall–Kier alpha value is -1.14. The molecular formula is C12H24N2O4. The number of carbonyl (C=O) groups excluding carboxylic acids is 1. The maximum absolute atomic E-state index is 11.6. The van der Waals surface area contributed by atoms with Gasteiger partial charge in [0.05, 0.1) is 0 Å². The van der Waals surface area contributed by atoms with Crippen LogP contribution in [0.2, 0.25) is 0 Å². The molecule has 0 rings (SSSR count). The van der Waals surface area contributed by atoms with Crippen molar-refractivity contribution >= 4 is 11.9 Å². The van der Waals surface area contributed by atoms with Crippen LogP contribution in [0.15, 0.2) is 0 Å². The number of nitrogens with two attached hydrogens (primary N) is 1. The molecular weight excluding hydrogens is 236 g/mol. The van der Waals surface area contributed by atoms with E-state index < -0.39 is 12.0 Å². The van der Waals surface area contributed by atoms with E-state index in [1.807, 2.05) is 13.8 Å². The summed E-state index contributed by atoms with van der Waals surface area (Å²) >= 11 is 0. The first-order valence-corrected chi connectivity index (χ1v) is 6.15. The number of hydrogen-bond acceptors (Lipinski definition) is 4. The molecule has 0 fully saturated rings. The molecule has 5 N–H and O–H groups in total. The van der Waals surface area contributed by atoms with Crippen molar-refractivity contribution in [3.05, 3.63) is 0 Å². The lowest BCUT2D eigenvalue weighted by atomic mass is 9.84. The molecule has 0 saturated carbocycles. The lowest BCUT2D eigenvalue weighted by molar-refractivity contribution is -0.142. The predicted molar refractivity (Wildman–Crippen MR) is 68.0 cm³/mol. The van der Waals surface area contributed by atoms with Gasteiger partial charge in [-0.2, -0.15) is 0 Å². The fourth-order valence-electron chi connectivity index (χ4n) is 1.62. The molecule has 0 aliphatic carbocycles. The summed E-state index contributed by atoms with van der Waals surface area (Å²) in [6.45, 7) is 4.35. The molecule has 0 radical (unpaired) electrons. The maximum atomic E-state index is 11.6. The van der Waals surface area contributed by atoms with Crippen molar-refractivity contribution in [1.82, 2.24) is 5.32 Å². The molecule has 0 aromatic heterocycles. The molecule has 0 unspecified atom stereocenters. The fraction of sp³-hybridized carbons (Fsp3) is 0.833. The Bertz CT molecular complexity index is 279. The number of carboxylic acids is 1. The lowest BCUT2D eigenvalue weighted by Crippen LogP contribution is -2.41. The van der Waals surface area contributed by atoms with E-state index >= 15 is 0 Å². The van der Waals surface area contributed by atoms with E-state index in [1.165, 1.54) is 0 Å². The number of aliphatic hydroxyl groups is 1. The summed E-state index contributed by atoms with van der Waals surface area (Å²) in [6.07, 6.45) is 1.76. The molecule has 0 saturated heterocycles. The topological polar surface area (TPSA) is 113 Å². The smallest absolute Gasteiger partial charge is 0.326 e. The molecule has 0 aromatic rings. The number of carboxylic acid groups (broad SMARTS) is 1. The summed E-state index contributed by atoms with van der Waals surface area (Å²) in [5.41, 5.74) is 5.45. The van der Waals surface area contributed by atoms with Crippen LogP contribution in [-0.2, 0) is 9.59 Å². The van der Waals surface area contributed by atoms with Crippen LogP contribution in [0, 0.1) is 5.41 Å². The first-order valence-electron chi connectivity index (χ1n) is 6.15. The van der Waals surface area contributed by atoms with Crippen LogP contribution in [0.1, 0.15) is 39.5 Å². The summed E-state index contributed by atoms with van der Waals surface area (Å²) in [4.78, 5) is 22.4. The van der Waals surface area contributed by atoms with E-state index in [9.17, 15) is 9.59 Å². The van der Waals surface area contributed by atoms with Crippen LogP contribution in [0.25, 0.3) is 0 Å². The number of carbonyl (C=O) groups is 2. The normalized spacial score (nSPS) is 13.1. The van der Waals surface area contributed by atoms with Crippen molar-refractivity contribution in [3.63, 3.8) is 0 Å². The molecule has 0 bridgehead atoms. The number of aliphatic hydroxyl groups excluding tert-OH is 1. The van der Waals surface area contributed by atoms with Gasteiger partial charge in [0.25, 0.3) is 0 Å². The summed E-state index contributed by atoms with van der Waals surface area (Å²) in [5.74, 6) is -1.43. The molecule has 0 spiro atoms. The lowest BCUT2D eigenvalue weighted by Gasteiger charge is -2.23. The highest BCUT2D eigenvalue weighted by Gasteiger charge is 2.22. The van der Waals surface area contributed by atoms with Gasteiger partial charge >= 0.3 is 5.97 Å². The Morgan fingerprint density at radius 1 is 1.33 bits per heavy atom. The van der Waals surface area contributed by atoms with Gasteiger partial charge in [0.1, 0.15) is 6.04 Å². The zero-order chi connectivity index (χ0) is 14.2. The SMILES string of the molecule is CC(C)(CCN)CCC(=O)N[C@H](CCO)C(=O)O. The highest BCUT2D eigenvalue weighted by molar-refractivity contribution is 5.83. The third-order valence-corrected chi connectivity index (χ3v) is 2.90. The standard InChI is InChI=1S/C12H24N2O4/c1-12(2,6-7-13)5-3-10(16)14-9(4-8-15)11(17)18/h9,15H,3-8,13H2,1-2H3,(H,14,16)(H,17,18)/t9-/m1/s1. The third kappa shape index (κ3) is 7.24. The Balaban J connectivity index is 4.13. The predicted octanol–water partition coefficient (Wildman–Crippen LogP) is 0.0934. The quantitative estimate of drug-likeness (QED) is 0.469. The molecule has 0 aromatic carbocycles. The van der Waals surface area contributed by atoms with Crippen molar-refractivity contribution in [2.24, 2.45) is 11.1 Å². The zero-order valence-electron chi connectivity index (χ0n) is 11.1. The minimum atomic E-state index is -1.13. The van der Waals surface area contributed by atoms with Gasteiger partial charge < -0.3 is 21.3 Å². The number of nitrogens with one attached hydrogen (secondary N) is 1.